The van der Waals surface area contributed by atoms with Crippen molar-refractivity contribution in [2.45, 2.75) is 38.6 Å². The zero-order valence-electron chi connectivity index (χ0n) is 15.4. The maximum atomic E-state index is 12.0. The molecule has 142 valence electrons. The van der Waals surface area contributed by atoms with Crippen LogP contribution in [0.3, 0.4) is 0 Å². The van der Waals surface area contributed by atoms with Gasteiger partial charge in [-0.3, -0.25) is 14.9 Å². The third-order valence-electron chi connectivity index (χ3n) is 5.09. The fourth-order valence-corrected chi connectivity index (χ4v) is 3.56. The molecule has 0 aliphatic heterocycles. The highest BCUT2D eigenvalue weighted by Crippen LogP contribution is 2.26. The molecule has 1 fully saturated rings. The summed E-state index contributed by atoms with van der Waals surface area (Å²) in [6.45, 7) is 1.77. The first-order valence-electron chi connectivity index (χ1n) is 9.28. The molecule has 0 saturated heterocycles. The van der Waals surface area contributed by atoms with E-state index in [4.69, 9.17) is 4.74 Å². The van der Waals surface area contributed by atoms with Crippen LogP contribution in [-0.2, 0) is 4.79 Å². The van der Waals surface area contributed by atoms with Gasteiger partial charge in [0.05, 0.1) is 5.56 Å². The second-order valence-corrected chi connectivity index (χ2v) is 6.99. The van der Waals surface area contributed by atoms with E-state index < -0.39 is 11.9 Å². The van der Waals surface area contributed by atoms with E-state index in [9.17, 15) is 14.4 Å². The van der Waals surface area contributed by atoms with Crippen molar-refractivity contribution in [1.82, 2.24) is 10.6 Å². The highest BCUT2D eigenvalue weighted by Gasteiger charge is 2.23. The second-order valence-electron chi connectivity index (χ2n) is 6.99. The Morgan fingerprint density at radius 1 is 1.15 bits per heavy atom. The number of hydrogen-bond acceptors (Lipinski definition) is 4. The summed E-state index contributed by atoms with van der Waals surface area (Å²) in [5.74, 6) is 0.171. The Hall–Kier alpha value is -2.89. The molecule has 1 aliphatic rings. The minimum Gasteiger partial charge on any atom is -0.483 e. The summed E-state index contributed by atoms with van der Waals surface area (Å²) in [5, 5.41) is 6.83. The largest absolute Gasteiger partial charge is 0.483 e. The quantitative estimate of drug-likeness (QED) is 0.792. The Balaban J connectivity index is 1.56. The minimum atomic E-state index is -0.555. The zero-order chi connectivity index (χ0) is 19.2. The molecule has 2 unspecified atom stereocenters. The van der Waals surface area contributed by atoms with Crippen molar-refractivity contribution in [2.75, 3.05) is 6.61 Å². The summed E-state index contributed by atoms with van der Waals surface area (Å²) in [4.78, 5) is 35.5. The number of nitrogens with one attached hydrogen (secondary N) is 2. The van der Waals surface area contributed by atoms with E-state index >= 15 is 0 Å². The van der Waals surface area contributed by atoms with Crippen LogP contribution in [0.4, 0.5) is 4.79 Å². The van der Waals surface area contributed by atoms with Crippen molar-refractivity contribution >= 4 is 29.0 Å². The van der Waals surface area contributed by atoms with Gasteiger partial charge in [0.2, 0.25) is 0 Å². The maximum absolute atomic E-state index is 12.0. The number of fused-ring (bicyclic) bond motifs is 1. The molecule has 0 aromatic heterocycles. The number of carbonyl (C=O) groups excluding carboxylic acids is 3. The highest BCUT2D eigenvalue weighted by molar-refractivity contribution is 6.01. The normalized spacial score (nSPS) is 19.3. The van der Waals surface area contributed by atoms with Crippen molar-refractivity contribution in [3.8, 4) is 5.75 Å². The topological polar surface area (TPSA) is 84.5 Å². The monoisotopic (exact) mass is 368 g/mol. The van der Waals surface area contributed by atoms with Crippen molar-refractivity contribution in [1.29, 1.82) is 0 Å². The van der Waals surface area contributed by atoms with E-state index in [0.717, 1.165) is 30.0 Å². The number of ether oxygens (including phenoxy) is 1. The number of aldehydes is 1. The van der Waals surface area contributed by atoms with E-state index in [1.54, 1.807) is 6.07 Å². The molecule has 3 rings (SSSR count). The van der Waals surface area contributed by atoms with Gasteiger partial charge in [-0.05, 0) is 35.6 Å². The predicted molar refractivity (Wildman–Crippen MR) is 103 cm³/mol. The molecule has 0 heterocycles. The third-order valence-corrected chi connectivity index (χ3v) is 5.09. The van der Waals surface area contributed by atoms with Crippen LogP contribution in [0.25, 0.3) is 10.8 Å². The van der Waals surface area contributed by atoms with Gasteiger partial charge in [0.15, 0.2) is 12.9 Å². The van der Waals surface area contributed by atoms with Crippen LogP contribution in [0.5, 0.6) is 5.75 Å². The summed E-state index contributed by atoms with van der Waals surface area (Å²) >= 11 is 0. The Morgan fingerprint density at radius 3 is 2.70 bits per heavy atom. The van der Waals surface area contributed by atoms with Gasteiger partial charge in [-0.25, -0.2) is 4.79 Å². The molecular formula is C21H24N2O4. The Labute approximate surface area is 158 Å². The molecule has 6 nitrogen and oxygen atoms in total. The number of benzene rings is 2. The smallest absolute Gasteiger partial charge is 0.321 e. The third kappa shape index (κ3) is 4.64. The van der Waals surface area contributed by atoms with Gasteiger partial charge < -0.3 is 10.1 Å². The number of rotatable bonds is 5. The van der Waals surface area contributed by atoms with Crippen LogP contribution in [0.1, 0.15) is 43.0 Å². The SMILES string of the molecule is CC1CCCCC1NC(=O)NC(=O)COc1ccc2ccccc2c1C=O. The second kappa shape index (κ2) is 8.66. The number of amides is 3. The lowest BCUT2D eigenvalue weighted by Gasteiger charge is -2.29. The molecule has 2 aromatic carbocycles. The van der Waals surface area contributed by atoms with Crippen LogP contribution in [0.15, 0.2) is 36.4 Å². The van der Waals surface area contributed by atoms with E-state index in [2.05, 4.69) is 17.6 Å². The number of urea groups is 1. The molecule has 2 atom stereocenters. The van der Waals surface area contributed by atoms with Gasteiger partial charge in [0.25, 0.3) is 5.91 Å². The van der Waals surface area contributed by atoms with Crippen molar-refractivity contribution in [2.24, 2.45) is 5.92 Å². The molecule has 1 aliphatic carbocycles. The Morgan fingerprint density at radius 2 is 1.93 bits per heavy atom. The average molecular weight is 368 g/mol. The standard InChI is InChI=1S/C21H24N2O4/c1-14-6-2-5-9-18(14)22-21(26)23-20(25)13-27-19-11-10-15-7-3-4-8-16(15)17(19)12-24/h3-4,7-8,10-12,14,18H,2,5-6,9,13H2,1H3,(H2,22,23,25,26). The number of carbonyl (C=O) groups is 3. The van der Waals surface area contributed by atoms with Crippen LogP contribution in [0.2, 0.25) is 0 Å². The Bertz CT molecular complexity index is 849. The van der Waals surface area contributed by atoms with Gasteiger partial charge in [0, 0.05) is 6.04 Å². The maximum Gasteiger partial charge on any atom is 0.321 e. The summed E-state index contributed by atoms with van der Waals surface area (Å²) in [6, 6.07) is 10.5. The van der Waals surface area contributed by atoms with E-state index in [1.807, 2.05) is 30.3 Å². The minimum absolute atomic E-state index is 0.0922. The van der Waals surface area contributed by atoms with E-state index in [1.165, 1.54) is 6.42 Å². The van der Waals surface area contributed by atoms with E-state index in [0.29, 0.717) is 23.5 Å². The molecule has 27 heavy (non-hydrogen) atoms. The number of hydrogen-bond donors (Lipinski definition) is 2. The molecule has 6 heteroatoms. The predicted octanol–water partition coefficient (Wildman–Crippen LogP) is 3.44. The highest BCUT2D eigenvalue weighted by atomic mass is 16.5. The molecule has 0 bridgehead atoms. The van der Waals surface area contributed by atoms with Crippen LogP contribution in [-0.4, -0.2) is 30.9 Å². The summed E-state index contributed by atoms with van der Waals surface area (Å²) < 4.78 is 5.49. The van der Waals surface area contributed by atoms with Gasteiger partial charge in [0.1, 0.15) is 5.75 Å². The van der Waals surface area contributed by atoms with Crippen molar-refractivity contribution in [3.63, 3.8) is 0 Å². The van der Waals surface area contributed by atoms with Gasteiger partial charge in [-0.1, -0.05) is 50.1 Å². The summed E-state index contributed by atoms with van der Waals surface area (Å²) in [6.07, 6.45) is 4.99. The van der Waals surface area contributed by atoms with Crippen LogP contribution >= 0.6 is 0 Å². The molecule has 1 saturated carbocycles. The van der Waals surface area contributed by atoms with E-state index in [-0.39, 0.29) is 12.6 Å². The van der Waals surface area contributed by atoms with Crippen molar-refractivity contribution in [3.05, 3.63) is 42.0 Å². The summed E-state index contributed by atoms with van der Waals surface area (Å²) in [7, 11) is 0. The van der Waals surface area contributed by atoms with Crippen LogP contribution in [0, 0.1) is 5.92 Å². The lowest BCUT2D eigenvalue weighted by atomic mass is 9.86. The Kier molecular flexibility index (Phi) is 6.06. The first kappa shape index (κ1) is 18.9. The summed E-state index contributed by atoms with van der Waals surface area (Å²) in [5.41, 5.74) is 0.390. The number of imide groups is 1. The molecule has 0 spiro atoms. The average Bonchev–Trinajstić information content (AvgIpc) is 2.67. The lowest BCUT2D eigenvalue weighted by molar-refractivity contribution is -0.122. The molecular weight excluding hydrogens is 344 g/mol. The first-order chi connectivity index (χ1) is 13.1. The first-order valence-corrected chi connectivity index (χ1v) is 9.28. The van der Waals surface area contributed by atoms with Gasteiger partial charge in [-0.2, -0.15) is 0 Å². The fourth-order valence-electron chi connectivity index (χ4n) is 3.56. The zero-order valence-corrected chi connectivity index (χ0v) is 15.4. The molecule has 0 radical (unpaired) electrons. The molecule has 3 amide bonds. The van der Waals surface area contributed by atoms with Gasteiger partial charge >= 0.3 is 6.03 Å². The van der Waals surface area contributed by atoms with Crippen LogP contribution < -0.4 is 15.4 Å². The molecule has 2 N–H and O–H groups in total. The fraction of sp³-hybridized carbons (Fsp3) is 0.381. The lowest BCUT2D eigenvalue weighted by Crippen LogP contribution is -2.48. The van der Waals surface area contributed by atoms with Crippen molar-refractivity contribution < 1.29 is 19.1 Å². The van der Waals surface area contributed by atoms with Gasteiger partial charge in [-0.15, -0.1) is 0 Å². The molecule has 2 aromatic rings.